The molecule has 0 radical (unpaired) electrons. The first kappa shape index (κ1) is 17.0. The molecule has 5 nitrogen and oxygen atoms in total. The number of alkyl carbamates (subject to hydrolysis) is 1. The van der Waals surface area contributed by atoms with E-state index in [0.717, 1.165) is 24.0 Å². The van der Waals surface area contributed by atoms with Crippen LogP contribution in [-0.2, 0) is 22.6 Å². The fraction of sp³-hybridized carbons (Fsp3) is 0.300. The second-order valence-electron chi connectivity index (χ2n) is 6.27. The van der Waals surface area contributed by atoms with E-state index in [4.69, 9.17) is 4.74 Å². The topological polar surface area (TPSA) is 75.6 Å². The van der Waals surface area contributed by atoms with Gasteiger partial charge in [-0.15, -0.1) is 0 Å². The molecule has 1 aliphatic carbocycles. The minimum Gasteiger partial charge on any atom is -0.480 e. The van der Waals surface area contributed by atoms with E-state index in [1.54, 1.807) is 0 Å². The van der Waals surface area contributed by atoms with Crippen LogP contribution in [0.4, 0.5) is 4.79 Å². The normalized spacial score (nSPS) is 14.6. The molecular weight excluding hydrogens is 318 g/mol. The molecule has 3 rings (SSSR count). The molecule has 0 bridgehead atoms. The predicted molar refractivity (Wildman–Crippen MR) is 93.3 cm³/mol. The third-order valence-electron chi connectivity index (χ3n) is 4.30. The molecule has 2 N–H and O–H groups in total. The van der Waals surface area contributed by atoms with Gasteiger partial charge in [0.15, 0.2) is 0 Å². The van der Waals surface area contributed by atoms with Crippen LogP contribution in [-0.4, -0.2) is 23.2 Å². The zero-order chi connectivity index (χ0) is 17.6. The molecule has 0 saturated heterocycles. The number of carboxylic acids is 1. The van der Waals surface area contributed by atoms with E-state index in [2.05, 4.69) is 5.32 Å². The summed E-state index contributed by atoms with van der Waals surface area (Å²) in [5.41, 5.74) is 3.01. The Kier molecular flexibility index (Phi) is 5.33. The number of carboxylic acid groups (broad SMARTS) is 1. The number of nitrogens with one attached hydrogen (secondary N) is 1. The smallest absolute Gasteiger partial charge is 0.408 e. The van der Waals surface area contributed by atoms with Crippen LogP contribution in [0.2, 0.25) is 0 Å². The Morgan fingerprint density at radius 2 is 1.76 bits per heavy atom. The van der Waals surface area contributed by atoms with Crippen molar-refractivity contribution in [1.82, 2.24) is 5.32 Å². The molecule has 5 heteroatoms. The van der Waals surface area contributed by atoms with Gasteiger partial charge in [-0.2, -0.15) is 0 Å². The van der Waals surface area contributed by atoms with Gasteiger partial charge in [-0.1, -0.05) is 54.6 Å². The number of amides is 1. The van der Waals surface area contributed by atoms with Crippen LogP contribution in [0, 0.1) is 0 Å². The number of hydrogen-bond acceptors (Lipinski definition) is 3. The lowest BCUT2D eigenvalue weighted by atomic mass is 9.97. The first-order valence-electron chi connectivity index (χ1n) is 8.41. The van der Waals surface area contributed by atoms with E-state index in [0.29, 0.717) is 5.92 Å². The third kappa shape index (κ3) is 4.83. The van der Waals surface area contributed by atoms with Crippen molar-refractivity contribution in [3.05, 3.63) is 71.3 Å². The Labute approximate surface area is 146 Å². The molecule has 1 aliphatic rings. The lowest BCUT2D eigenvalue weighted by Crippen LogP contribution is -2.42. The Bertz CT molecular complexity index is 740. The van der Waals surface area contributed by atoms with E-state index in [1.807, 2.05) is 54.6 Å². The minimum absolute atomic E-state index is 0.109. The van der Waals surface area contributed by atoms with Crippen molar-refractivity contribution in [3.63, 3.8) is 0 Å². The van der Waals surface area contributed by atoms with E-state index >= 15 is 0 Å². The van der Waals surface area contributed by atoms with Gasteiger partial charge in [0, 0.05) is 6.42 Å². The van der Waals surface area contributed by atoms with E-state index in [9.17, 15) is 14.7 Å². The van der Waals surface area contributed by atoms with E-state index in [-0.39, 0.29) is 13.0 Å². The number of benzene rings is 2. The van der Waals surface area contributed by atoms with Crippen LogP contribution >= 0.6 is 0 Å². The average molecular weight is 339 g/mol. The molecular formula is C20H21NO4. The number of carbonyl (C=O) groups excluding carboxylic acids is 1. The van der Waals surface area contributed by atoms with Gasteiger partial charge in [0.25, 0.3) is 0 Å². The van der Waals surface area contributed by atoms with Gasteiger partial charge in [0.1, 0.15) is 12.6 Å². The summed E-state index contributed by atoms with van der Waals surface area (Å²) in [6.07, 6.45) is 1.81. The highest BCUT2D eigenvalue weighted by atomic mass is 16.5. The first-order valence-corrected chi connectivity index (χ1v) is 8.41. The van der Waals surface area contributed by atoms with Crippen LogP contribution in [0.5, 0.6) is 0 Å². The minimum atomic E-state index is -1.07. The van der Waals surface area contributed by atoms with Crippen LogP contribution in [0.15, 0.2) is 54.6 Å². The van der Waals surface area contributed by atoms with Crippen molar-refractivity contribution >= 4 is 12.1 Å². The molecule has 0 heterocycles. The molecule has 1 saturated carbocycles. The maximum absolute atomic E-state index is 12.0. The zero-order valence-corrected chi connectivity index (χ0v) is 13.9. The number of rotatable bonds is 7. The van der Waals surface area contributed by atoms with Gasteiger partial charge in [0.05, 0.1) is 0 Å². The molecule has 2 aromatic rings. The van der Waals surface area contributed by atoms with Crippen molar-refractivity contribution in [1.29, 1.82) is 0 Å². The molecule has 0 aromatic heterocycles. The van der Waals surface area contributed by atoms with Crippen molar-refractivity contribution in [2.75, 3.05) is 0 Å². The Morgan fingerprint density at radius 3 is 2.44 bits per heavy atom. The lowest BCUT2D eigenvalue weighted by Gasteiger charge is -2.17. The number of hydrogen-bond donors (Lipinski definition) is 2. The summed E-state index contributed by atoms with van der Waals surface area (Å²) in [5, 5.41) is 11.9. The monoisotopic (exact) mass is 339 g/mol. The van der Waals surface area contributed by atoms with Crippen molar-refractivity contribution < 1.29 is 19.4 Å². The fourth-order valence-electron chi connectivity index (χ4n) is 2.84. The summed E-state index contributed by atoms with van der Waals surface area (Å²) in [6.45, 7) is 0.109. The van der Waals surface area contributed by atoms with Gasteiger partial charge in [-0.3, -0.25) is 0 Å². The second kappa shape index (κ2) is 7.83. The Hall–Kier alpha value is -2.82. The first-order chi connectivity index (χ1) is 12.1. The van der Waals surface area contributed by atoms with Gasteiger partial charge in [0.2, 0.25) is 0 Å². The average Bonchev–Trinajstić information content (AvgIpc) is 3.46. The van der Waals surface area contributed by atoms with Crippen LogP contribution in [0.3, 0.4) is 0 Å². The lowest BCUT2D eigenvalue weighted by molar-refractivity contribution is -0.139. The van der Waals surface area contributed by atoms with Crippen molar-refractivity contribution in [2.24, 2.45) is 0 Å². The molecule has 0 spiro atoms. The molecule has 25 heavy (non-hydrogen) atoms. The third-order valence-corrected chi connectivity index (χ3v) is 4.30. The summed E-state index contributed by atoms with van der Waals surface area (Å²) in [5.74, 6) is -0.544. The van der Waals surface area contributed by atoms with Crippen LogP contribution in [0.1, 0.15) is 35.4 Å². The standard InChI is InChI=1S/C20H21NO4/c22-19(23)18(12-16-8-4-5-9-17(16)15-10-11-15)21-20(24)25-13-14-6-2-1-3-7-14/h1-9,15,18H,10-13H2,(H,21,24)(H,22,23). The number of carbonyl (C=O) groups is 2. The molecule has 130 valence electrons. The molecule has 1 fully saturated rings. The Balaban J connectivity index is 1.60. The molecule has 0 aliphatic heterocycles. The van der Waals surface area contributed by atoms with Crippen molar-refractivity contribution in [3.8, 4) is 0 Å². The zero-order valence-electron chi connectivity index (χ0n) is 13.9. The van der Waals surface area contributed by atoms with E-state index in [1.165, 1.54) is 5.56 Å². The highest BCUT2D eigenvalue weighted by Gasteiger charge is 2.28. The predicted octanol–water partition coefficient (Wildman–Crippen LogP) is 3.49. The maximum Gasteiger partial charge on any atom is 0.408 e. The SMILES string of the molecule is O=C(NC(Cc1ccccc1C1CC1)C(=O)O)OCc1ccccc1. The summed E-state index contributed by atoms with van der Waals surface area (Å²) in [6, 6.07) is 16.1. The Morgan fingerprint density at radius 1 is 1.08 bits per heavy atom. The quantitative estimate of drug-likeness (QED) is 0.810. The number of ether oxygens (including phenoxy) is 1. The molecule has 2 aromatic carbocycles. The summed E-state index contributed by atoms with van der Waals surface area (Å²) in [4.78, 5) is 23.5. The molecule has 1 unspecified atom stereocenters. The highest BCUT2D eigenvalue weighted by Crippen LogP contribution is 2.41. The van der Waals surface area contributed by atoms with E-state index < -0.39 is 18.1 Å². The summed E-state index contributed by atoms with van der Waals surface area (Å²) >= 11 is 0. The van der Waals surface area contributed by atoms with Crippen molar-refractivity contribution in [2.45, 2.75) is 37.8 Å². The van der Waals surface area contributed by atoms with Crippen LogP contribution in [0.25, 0.3) is 0 Å². The maximum atomic E-state index is 12.0. The van der Waals surface area contributed by atoms with Crippen LogP contribution < -0.4 is 5.32 Å². The molecule has 1 amide bonds. The second-order valence-corrected chi connectivity index (χ2v) is 6.27. The van der Waals surface area contributed by atoms with Gasteiger partial charge < -0.3 is 15.2 Å². The largest absolute Gasteiger partial charge is 0.480 e. The molecule has 1 atom stereocenters. The summed E-state index contributed by atoms with van der Waals surface area (Å²) in [7, 11) is 0. The summed E-state index contributed by atoms with van der Waals surface area (Å²) < 4.78 is 5.12. The van der Waals surface area contributed by atoms with Gasteiger partial charge in [-0.25, -0.2) is 9.59 Å². The highest BCUT2D eigenvalue weighted by molar-refractivity contribution is 5.80. The number of aliphatic carboxylic acids is 1. The fourth-order valence-corrected chi connectivity index (χ4v) is 2.84. The van der Waals surface area contributed by atoms with Gasteiger partial charge in [-0.05, 0) is 35.4 Å². The van der Waals surface area contributed by atoms with Gasteiger partial charge >= 0.3 is 12.1 Å².